The van der Waals surface area contributed by atoms with E-state index in [0.29, 0.717) is 18.8 Å². The van der Waals surface area contributed by atoms with E-state index in [1.807, 2.05) is 30.3 Å². The Morgan fingerprint density at radius 1 is 1.25 bits per heavy atom. The first-order valence-electron chi connectivity index (χ1n) is 9.10. The van der Waals surface area contributed by atoms with Crippen LogP contribution in [0.4, 0.5) is 11.4 Å². The van der Waals surface area contributed by atoms with Crippen LogP contribution in [0.2, 0.25) is 0 Å². The molecule has 0 bridgehead atoms. The number of hydrogen-bond donors (Lipinski definition) is 1. The van der Waals surface area contributed by atoms with Crippen LogP contribution in [0.15, 0.2) is 42.5 Å². The minimum atomic E-state index is -0.512. The number of anilines is 1. The predicted octanol–water partition coefficient (Wildman–Crippen LogP) is 2.79. The van der Waals surface area contributed by atoms with Crippen LogP contribution in [0.25, 0.3) is 0 Å². The molecule has 1 N–H and O–H groups in total. The van der Waals surface area contributed by atoms with Crippen LogP contribution < -0.4 is 10.1 Å². The molecule has 2 aromatic carbocycles. The summed E-state index contributed by atoms with van der Waals surface area (Å²) in [5, 5.41) is 23.2. The summed E-state index contributed by atoms with van der Waals surface area (Å²) >= 11 is 0. The largest absolute Gasteiger partial charge is 0.492 e. The van der Waals surface area contributed by atoms with Crippen LogP contribution in [0.3, 0.4) is 0 Å². The average Bonchev–Trinajstić information content (AvgIpc) is 2.73. The van der Waals surface area contributed by atoms with E-state index in [2.05, 4.69) is 10.2 Å². The lowest BCUT2D eigenvalue weighted by atomic mass is 10.1. The highest BCUT2D eigenvalue weighted by Gasteiger charge is 2.11. The van der Waals surface area contributed by atoms with Crippen LogP contribution in [-0.4, -0.2) is 49.3 Å². The van der Waals surface area contributed by atoms with Gasteiger partial charge in [-0.1, -0.05) is 12.1 Å². The maximum absolute atomic E-state index is 10.8. The van der Waals surface area contributed by atoms with Crippen LogP contribution in [0, 0.1) is 21.4 Å². The van der Waals surface area contributed by atoms with Gasteiger partial charge in [-0.05, 0) is 23.8 Å². The van der Waals surface area contributed by atoms with Crippen molar-refractivity contribution in [1.82, 2.24) is 4.90 Å². The summed E-state index contributed by atoms with van der Waals surface area (Å²) in [6.45, 7) is 5.36. The van der Waals surface area contributed by atoms with E-state index in [9.17, 15) is 15.4 Å². The summed E-state index contributed by atoms with van der Waals surface area (Å²) in [5.74, 6) is 0.789. The summed E-state index contributed by atoms with van der Waals surface area (Å²) in [7, 11) is 0. The zero-order valence-corrected chi connectivity index (χ0v) is 15.5. The molecule has 1 saturated heterocycles. The number of nitro groups is 1. The molecule has 0 spiro atoms. The number of ether oxygens (including phenoxy) is 2. The number of benzene rings is 2. The van der Waals surface area contributed by atoms with Crippen molar-refractivity contribution in [2.24, 2.45) is 0 Å². The van der Waals surface area contributed by atoms with Gasteiger partial charge in [-0.15, -0.1) is 0 Å². The Morgan fingerprint density at radius 2 is 2.07 bits per heavy atom. The van der Waals surface area contributed by atoms with Crippen molar-refractivity contribution in [3.8, 4) is 11.8 Å². The van der Waals surface area contributed by atoms with Crippen molar-refractivity contribution >= 4 is 11.4 Å². The molecule has 8 nitrogen and oxygen atoms in total. The molecule has 0 unspecified atom stereocenters. The second-order valence-electron chi connectivity index (χ2n) is 6.40. The Kier molecular flexibility index (Phi) is 6.78. The fourth-order valence-electron chi connectivity index (χ4n) is 2.95. The number of nitriles is 1. The van der Waals surface area contributed by atoms with Gasteiger partial charge in [-0.2, -0.15) is 5.26 Å². The quantitative estimate of drug-likeness (QED) is 0.553. The number of morpholine rings is 1. The van der Waals surface area contributed by atoms with E-state index < -0.39 is 4.92 Å². The van der Waals surface area contributed by atoms with Crippen LogP contribution in [0.1, 0.15) is 11.1 Å². The maximum Gasteiger partial charge on any atom is 0.270 e. The van der Waals surface area contributed by atoms with Gasteiger partial charge >= 0.3 is 0 Å². The zero-order valence-electron chi connectivity index (χ0n) is 15.5. The van der Waals surface area contributed by atoms with Gasteiger partial charge in [0.2, 0.25) is 0 Å². The van der Waals surface area contributed by atoms with Crippen molar-refractivity contribution in [2.45, 2.75) is 6.54 Å². The Morgan fingerprint density at radius 3 is 2.82 bits per heavy atom. The molecule has 0 radical (unpaired) electrons. The van der Waals surface area contributed by atoms with Gasteiger partial charge in [-0.3, -0.25) is 15.0 Å². The lowest BCUT2D eigenvalue weighted by Gasteiger charge is -2.26. The molecule has 2 aromatic rings. The molecule has 1 aliphatic heterocycles. The molecule has 3 rings (SSSR count). The van der Waals surface area contributed by atoms with E-state index in [-0.39, 0.29) is 11.3 Å². The van der Waals surface area contributed by atoms with Gasteiger partial charge in [0, 0.05) is 38.3 Å². The minimum Gasteiger partial charge on any atom is -0.492 e. The Bertz CT molecular complexity index is 860. The SMILES string of the molecule is N#Cc1cc([N+](=O)[O-])ccc1NCc1cccc(OCCN2CCOCC2)c1. The topological polar surface area (TPSA) is 101 Å². The van der Waals surface area contributed by atoms with E-state index in [1.54, 1.807) is 6.07 Å². The lowest BCUT2D eigenvalue weighted by Crippen LogP contribution is -2.38. The molecule has 1 fully saturated rings. The third-order valence-corrected chi connectivity index (χ3v) is 4.50. The van der Waals surface area contributed by atoms with Crippen molar-refractivity contribution in [3.05, 3.63) is 63.7 Å². The van der Waals surface area contributed by atoms with Crippen molar-refractivity contribution < 1.29 is 14.4 Å². The van der Waals surface area contributed by atoms with Gasteiger partial charge in [0.15, 0.2) is 0 Å². The van der Waals surface area contributed by atoms with E-state index in [0.717, 1.165) is 44.2 Å². The van der Waals surface area contributed by atoms with Gasteiger partial charge in [0.25, 0.3) is 5.69 Å². The third kappa shape index (κ3) is 5.42. The molecular weight excluding hydrogens is 360 g/mol. The van der Waals surface area contributed by atoms with Crippen molar-refractivity contribution in [2.75, 3.05) is 44.8 Å². The van der Waals surface area contributed by atoms with Crippen LogP contribution >= 0.6 is 0 Å². The monoisotopic (exact) mass is 382 g/mol. The van der Waals surface area contributed by atoms with Crippen molar-refractivity contribution in [1.29, 1.82) is 5.26 Å². The summed E-state index contributed by atoms with van der Waals surface area (Å²) in [5.41, 5.74) is 1.70. The number of rotatable bonds is 8. The molecule has 0 aromatic heterocycles. The third-order valence-electron chi connectivity index (χ3n) is 4.50. The van der Waals surface area contributed by atoms with Gasteiger partial charge < -0.3 is 14.8 Å². The lowest BCUT2D eigenvalue weighted by molar-refractivity contribution is -0.384. The van der Waals surface area contributed by atoms with E-state index >= 15 is 0 Å². The highest BCUT2D eigenvalue weighted by molar-refractivity contribution is 5.61. The van der Waals surface area contributed by atoms with Gasteiger partial charge in [-0.25, -0.2) is 0 Å². The molecule has 28 heavy (non-hydrogen) atoms. The highest BCUT2D eigenvalue weighted by Crippen LogP contribution is 2.22. The summed E-state index contributed by atoms with van der Waals surface area (Å²) in [6.07, 6.45) is 0. The Hall–Kier alpha value is -3.15. The second kappa shape index (κ2) is 9.69. The van der Waals surface area contributed by atoms with Crippen molar-refractivity contribution in [3.63, 3.8) is 0 Å². The molecule has 146 valence electrons. The molecule has 0 aliphatic carbocycles. The Balaban J connectivity index is 1.54. The summed E-state index contributed by atoms with van der Waals surface area (Å²) in [4.78, 5) is 12.6. The second-order valence-corrected chi connectivity index (χ2v) is 6.40. The number of non-ortho nitro benzene ring substituents is 1. The van der Waals surface area contributed by atoms with E-state index in [1.165, 1.54) is 12.1 Å². The first-order valence-corrected chi connectivity index (χ1v) is 9.10. The number of nitrogens with zero attached hydrogens (tertiary/aromatic N) is 3. The smallest absolute Gasteiger partial charge is 0.270 e. The fraction of sp³-hybridized carbons (Fsp3) is 0.350. The van der Waals surface area contributed by atoms with Crippen LogP contribution in [0.5, 0.6) is 5.75 Å². The highest BCUT2D eigenvalue weighted by atomic mass is 16.6. The molecule has 0 saturated carbocycles. The molecule has 1 heterocycles. The van der Waals surface area contributed by atoms with Crippen LogP contribution in [-0.2, 0) is 11.3 Å². The first kappa shape index (κ1) is 19.6. The molecule has 1 aliphatic rings. The van der Waals surface area contributed by atoms with E-state index in [4.69, 9.17) is 9.47 Å². The standard InChI is InChI=1S/C20H22N4O4/c21-14-17-13-18(24(25)26)4-5-20(17)22-15-16-2-1-3-19(12-16)28-11-8-23-6-9-27-10-7-23/h1-5,12-13,22H,6-11,15H2. The number of nitro benzene ring substituents is 1. The van der Waals surface area contributed by atoms with Gasteiger partial charge in [0.05, 0.1) is 29.4 Å². The molecule has 0 amide bonds. The Labute approximate surface area is 163 Å². The maximum atomic E-state index is 10.8. The minimum absolute atomic E-state index is 0.0993. The first-order chi connectivity index (χ1) is 13.7. The van der Waals surface area contributed by atoms with Gasteiger partial charge in [0.1, 0.15) is 18.4 Å². The fourth-order valence-corrected chi connectivity index (χ4v) is 2.95. The molecular formula is C20H22N4O4. The average molecular weight is 382 g/mol. The number of nitrogens with one attached hydrogen (secondary N) is 1. The molecule has 8 heteroatoms. The predicted molar refractivity (Wildman–Crippen MR) is 104 cm³/mol. The summed E-state index contributed by atoms with van der Waals surface area (Å²) in [6, 6.07) is 13.9. The summed E-state index contributed by atoms with van der Waals surface area (Å²) < 4.78 is 11.2. The molecule has 0 atom stereocenters. The number of hydrogen-bond acceptors (Lipinski definition) is 7. The zero-order chi connectivity index (χ0) is 19.8. The normalized spacial score (nSPS) is 14.2.